The summed E-state index contributed by atoms with van der Waals surface area (Å²) in [5, 5.41) is 0. The van der Waals surface area contributed by atoms with Gasteiger partial charge in [-0.25, -0.2) is 0 Å². The van der Waals surface area contributed by atoms with Crippen LogP contribution in [-0.2, 0) is 4.59 Å². The average Bonchev–Trinajstić information content (AvgIpc) is 1.14. The molecule has 0 aromatic heterocycles. The van der Waals surface area contributed by atoms with E-state index in [4.69, 9.17) is 0 Å². The van der Waals surface area contributed by atoms with E-state index in [1.54, 1.807) is 0 Å². The molecule has 0 bridgehead atoms. The Morgan fingerprint density at radius 2 is 0.889 bits per heavy atom. The van der Waals surface area contributed by atoms with Crippen molar-refractivity contribution in [2.45, 2.75) is 0 Å². The van der Waals surface area contributed by atoms with Crippen LogP contribution in [-0.4, -0.2) is 0 Å². The second kappa shape index (κ2) is 3.20. The molecule has 0 aliphatic carbocycles. The van der Waals surface area contributed by atoms with Gasteiger partial charge < -0.3 is 0 Å². The molecule has 0 aromatic rings. The Morgan fingerprint density at radius 3 is 0.889 bits per heavy atom. The monoisotopic (exact) mass is 428 g/mol. The van der Waals surface area contributed by atoms with Crippen LogP contribution in [0.3, 0.4) is 0 Å². The summed E-state index contributed by atoms with van der Waals surface area (Å²) in [4.78, 5) is 0. The van der Waals surface area contributed by atoms with E-state index in [1.807, 2.05) is 0 Å². The molecule has 0 saturated heterocycles. The zero-order valence-corrected chi connectivity index (χ0v) is 8.10. The third kappa shape index (κ3) is 9.41. The Labute approximate surface area is 67.9 Å². The predicted molar refractivity (Wildman–Crippen MR) is 5.20 cm³/mol. The van der Waals surface area contributed by atoms with E-state index in [0.29, 0.717) is 0 Å². The van der Waals surface area contributed by atoms with Crippen LogP contribution in [0.4, 0.5) is 0 Å². The minimum absolute atomic E-state index is 2.68. The normalized spacial score (nSPS) is 13.3. The van der Waals surface area contributed by atoms with Crippen molar-refractivity contribution in [2.24, 2.45) is 0 Å². The first kappa shape index (κ1) is 10.4. The first-order chi connectivity index (χ1) is 3.71. The molecule has 0 saturated carbocycles. The van der Waals surface area contributed by atoms with Gasteiger partial charge in [-0.15, -0.1) is 0 Å². The van der Waals surface area contributed by atoms with Gasteiger partial charge in [0, 0.05) is 0 Å². The fourth-order valence-corrected chi connectivity index (χ4v) is 4.21. The molecular weight excluding hydrogens is 426 g/mol. The van der Waals surface area contributed by atoms with Gasteiger partial charge in [0.15, 0.2) is 0 Å². The zero-order chi connectivity index (χ0) is 7.71. The van der Waals surface area contributed by atoms with E-state index >= 15 is 0 Å². The van der Waals surface area contributed by atoms with Crippen LogP contribution in [0.25, 0.3) is 0 Å². The first-order valence-electron chi connectivity index (χ1n) is 1.15. The van der Waals surface area contributed by atoms with Gasteiger partial charge in [-0.2, -0.15) is 0 Å². The summed E-state index contributed by atoms with van der Waals surface area (Å²) >= 11 is -12.8. The summed E-state index contributed by atoms with van der Waals surface area (Å²) in [7, 11) is 0. The van der Waals surface area contributed by atoms with Gasteiger partial charge in [-0.1, -0.05) is 0 Å². The molecule has 0 amide bonds. The topological polar surface area (TPSA) is 112 Å². The van der Waals surface area contributed by atoms with Crippen LogP contribution in [0, 0.1) is 65.5 Å². The molecule has 0 N–H and O–H groups in total. The van der Waals surface area contributed by atoms with Crippen molar-refractivity contribution >= 4 is 0 Å². The summed E-state index contributed by atoms with van der Waals surface area (Å²) in [5.74, 6) is 0. The summed E-state index contributed by atoms with van der Waals surface area (Å²) in [6.07, 6.45) is 0. The zero-order valence-electron chi connectivity index (χ0n) is 3.56. The van der Waals surface area contributed by atoms with Gasteiger partial charge in [0.25, 0.3) is 0 Å². The summed E-state index contributed by atoms with van der Waals surface area (Å²) in [6.45, 7) is 0. The standard InChI is InChI=1S/2Gd.7O. The van der Waals surface area contributed by atoms with Crippen LogP contribution in [0.15, 0.2) is 0 Å². The molecule has 0 spiro atoms. The fourth-order valence-electron chi connectivity index (χ4n) is 0.0765. The van der Waals surface area contributed by atoms with E-state index in [9.17, 15) is 6.97 Å². The maximum absolute atomic E-state index is 9.43. The van der Waals surface area contributed by atoms with Crippen molar-refractivity contribution in [1.82, 2.24) is 0 Å². The second-order valence-corrected chi connectivity index (χ2v) is 8.05. The van der Waals surface area contributed by atoms with Crippen molar-refractivity contribution < 1.29 is 70.0 Å². The number of hydrogen-bond donors (Lipinski definition) is 0. The van der Waals surface area contributed by atoms with Crippen LogP contribution in [0.2, 0.25) is 0 Å². The fraction of sp³-hybridized carbons (Fsp3) is 0. The summed E-state index contributed by atoms with van der Waals surface area (Å²) in [6, 6.07) is 0. The van der Waals surface area contributed by atoms with E-state index in [2.05, 4.69) is -2.39 Å². The molecule has 0 aliphatic heterocycles. The van der Waals surface area contributed by atoms with Gasteiger partial charge in [0.05, 0.1) is 0 Å². The first-order valence-corrected chi connectivity index (χ1v) is 8.56. The Kier molecular flexibility index (Phi) is 3.71. The molecule has 0 radical (unpaired) electrons. The number of hydrogen-bond acceptors (Lipinski definition) is 7. The van der Waals surface area contributed by atoms with Gasteiger partial charge in [0.1, 0.15) is 0 Å². The van der Waals surface area contributed by atoms with Crippen molar-refractivity contribution in [3.8, 4) is 0 Å². The molecular formula is Gd2O7. The maximum atomic E-state index is 9.43. The van der Waals surface area contributed by atoms with Crippen LogP contribution < -0.4 is 0 Å². The van der Waals surface area contributed by atoms with Gasteiger partial charge in [0.2, 0.25) is 0 Å². The Balaban J connectivity index is 4.91. The quantitative estimate of drug-likeness (QED) is 0.569. The Hall–Kier alpha value is 1.41. The van der Waals surface area contributed by atoms with E-state index in [0.717, 1.165) is 0 Å². The van der Waals surface area contributed by atoms with Crippen LogP contribution in [0.1, 0.15) is 0 Å². The third-order valence-corrected chi connectivity index (χ3v) is 6.88. The van der Waals surface area contributed by atoms with Crippen molar-refractivity contribution in [1.29, 1.82) is 0 Å². The molecule has 0 aromatic carbocycles. The minimum atomic E-state index is -6.40. The molecule has 0 unspecified atom stereocenters. The van der Waals surface area contributed by atoms with Crippen molar-refractivity contribution in [3.63, 3.8) is 0 Å². The number of rotatable bonds is 2. The molecule has 7 nitrogen and oxygen atoms in total. The summed E-state index contributed by atoms with van der Waals surface area (Å²) in [5.41, 5.74) is 0. The van der Waals surface area contributed by atoms with E-state index < -0.39 is 65.5 Å². The van der Waals surface area contributed by atoms with E-state index in [-0.39, 0.29) is 0 Å². The average molecular weight is 426 g/mol. The molecule has 58 valence electrons. The molecule has 9 heteroatoms. The van der Waals surface area contributed by atoms with Crippen molar-refractivity contribution in [3.05, 3.63) is 0 Å². The molecule has 9 heavy (non-hydrogen) atoms. The Bertz CT molecular complexity index is 305. The SMILES string of the molecule is [O]=[Gd](=[O])(=[O])[O][Gd](=[O])(=[O])=[O]. The van der Waals surface area contributed by atoms with Crippen LogP contribution in [0.5, 0.6) is 0 Å². The molecule has 0 fully saturated rings. The predicted octanol–water partition coefficient (Wildman–Crippen LogP) is -0.781. The summed E-state index contributed by atoms with van der Waals surface area (Å²) < 4.78 is 59.3. The second-order valence-electron chi connectivity index (χ2n) is 0.758. The molecule has 0 rings (SSSR count). The molecule has 0 heterocycles. The molecule has 0 aliphatic rings. The van der Waals surface area contributed by atoms with Gasteiger partial charge in [-0.3, -0.25) is 0 Å². The Morgan fingerprint density at radius 1 is 0.667 bits per heavy atom. The molecule has 0 atom stereocenters. The van der Waals surface area contributed by atoms with Gasteiger partial charge >= 0.3 is 70.0 Å². The van der Waals surface area contributed by atoms with E-state index in [1.165, 1.54) is 0 Å². The van der Waals surface area contributed by atoms with Crippen LogP contribution >= 0.6 is 0 Å². The van der Waals surface area contributed by atoms with Gasteiger partial charge in [-0.05, 0) is 0 Å². The van der Waals surface area contributed by atoms with Crippen molar-refractivity contribution in [2.75, 3.05) is 0 Å². The third-order valence-electron chi connectivity index (χ3n) is 0.125.